The van der Waals surface area contributed by atoms with Crippen molar-refractivity contribution in [1.82, 2.24) is 0 Å². The van der Waals surface area contributed by atoms with E-state index >= 15 is 0 Å². The molecule has 0 bridgehead atoms. The lowest BCUT2D eigenvalue weighted by atomic mass is 9.91. The Balaban J connectivity index is 1.89. The molecule has 0 saturated heterocycles. The van der Waals surface area contributed by atoms with E-state index in [4.69, 9.17) is 0 Å². The maximum absolute atomic E-state index is 13.2. The normalized spacial score (nSPS) is 19.1. The second-order valence-electron chi connectivity index (χ2n) is 5.69. The summed E-state index contributed by atoms with van der Waals surface area (Å²) in [5, 5.41) is 10.2. The van der Waals surface area contributed by atoms with E-state index < -0.39 is 0 Å². The second kappa shape index (κ2) is 7.39. The fourth-order valence-corrected chi connectivity index (χ4v) is 3.43. The van der Waals surface area contributed by atoms with Crippen LogP contribution < -0.4 is 0 Å². The van der Waals surface area contributed by atoms with E-state index in [9.17, 15) is 9.50 Å². The predicted molar refractivity (Wildman–Crippen MR) is 79.6 cm³/mol. The summed E-state index contributed by atoms with van der Waals surface area (Å²) < 4.78 is 14.1. The zero-order valence-corrected chi connectivity index (χ0v) is 12.8. The molecule has 19 heavy (non-hydrogen) atoms. The van der Waals surface area contributed by atoms with E-state index in [0.717, 1.165) is 16.5 Å². The summed E-state index contributed by atoms with van der Waals surface area (Å²) in [4.78, 5) is 0. The van der Waals surface area contributed by atoms with Crippen molar-refractivity contribution < 1.29 is 9.50 Å². The Kier molecular flexibility index (Phi) is 5.83. The van der Waals surface area contributed by atoms with E-state index in [1.165, 1.54) is 50.7 Å². The third-order valence-corrected chi connectivity index (χ3v) is 4.82. The molecule has 1 aliphatic rings. The van der Waals surface area contributed by atoms with Gasteiger partial charge in [0.15, 0.2) is 0 Å². The molecule has 0 radical (unpaired) electrons. The molecule has 1 unspecified atom stereocenters. The van der Waals surface area contributed by atoms with Crippen LogP contribution in [0.3, 0.4) is 0 Å². The van der Waals surface area contributed by atoms with Crippen molar-refractivity contribution in [1.29, 1.82) is 0 Å². The average Bonchev–Trinajstić information content (AvgIpc) is 2.62. The van der Waals surface area contributed by atoms with Crippen molar-refractivity contribution in [2.75, 3.05) is 0 Å². The SMILES string of the molecule is OC(Cc1cc(F)ccc1Br)CC1CCCCCC1. The number of aliphatic hydroxyl groups excluding tert-OH is 1. The number of halogens is 2. The Labute approximate surface area is 123 Å². The van der Waals surface area contributed by atoms with Crippen LogP contribution in [0.25, 0.3) is 0 Å². The molecule has 2 rings (SSSR count). The van der Waals surface area contributed by atoms with E-state index in [1.54, 1.807) is 6.07 Å². The monoisotopic (exact) mass is 328 g/mol. The number of rotatable bonds is 4. The van der Waals surface area contributed by atoms with Gasteiger partial charge in [-0.25, -0.2) is 4.39 Å². The molecule has 0 amide bonds. The second-order valence-corrected chi connectivity index (χ2v) is 6.54. The van der Waals surface area contributed by atoms with Crippen molar-refractivity contribution in [2.45, 2.75) is 57.5 Å². The summed E-state index contributed by atoms with van der Waals surface area (Å²) in [6.45, 7) is 0. The molecule has 106 valence electrons. The minimum atomic E-state index is -0.360. The van der Waals surface area contributed by atoms with Crippen LogP contribution >= 0.6 is 15.9 Å². The maximum atomic E-state index is 13.2. The Morgan fingerprint density at radius 3 is 2.58 bits per heavy atom. The highest BCUT2D eigenvalue weighted by molar-refractivity contribution is 9.10. The van der Waals surface area contributed by atoms with Gasteiger partial charge in [0.25, 0.3) is 0 Å². The lowest BCUT2D eigenvalue weighted by molar-refractivity contribution is 0.137. The molecule has 3 heteroatoms. The maximum Gasteiger partial charge on any atom is 0.123 e. The molecule has 1 aliphatic carbocycles. The number of aliphatic hydroxyl groups is 1. The number of hydrogen-bond acceptors (Lipinski definition) is 1. The summed E-state index contributed by atoms with van der Waals surface area (Å²) in [5.41, 5.74) is 0.862. The smallest absolute Gasteiger partial charge is 0.123 e. The van der Waals surface area contributed by atoms with Crippen LogP contribution in [-0.2, 0) is 6.42 Å². The molecule has 1 aromatic rings. The molecule has 0 spiro atoms. The van der Waals surface area contributed by atoms with E-state index in [0.29, 0.717) is 12.3 Å². The lowest BCUT2D eigenvalue weighted by Gasteiger charge is -2.19. The van der Waals surface area contributed by atoms with Gasteiger partial charge in [0.05, 0.1) is 6.10 Å². The van der Waals surface area contributed by atoms with Gasteiger partial charge in [0.2, 0.25) is 0 Å². The Bertz CT molecular complexity index is 400. The van der Waals surface area contributed by atoms with Crippen molar-refractivity contribution in [2.24, 2.45) is 5.92 Å². The summed E-state index contributed by atoms with van der Waals surface area (Å²) >= 11 is 3.42. The minimum Gasteiger partial charge on any atom is -0.393 e. The van der Waals surface area contributed by atoms with Crippen molar-refractivity contribution in [3.05, 3.63) is 34.1 Å². The van der Waals surface area contributed by atoms with E-state index in [-0.39, 0.29) is 11.9 Å². The third-order valence-electron chi connectivity index (χ3n) is 4.04. The van der Waals surface area contributed by atoms with Gasteiger partial charge in [0.1, 0.15) is 5.82 Å². The van der Waals surface area contributed by atoms with Gasteiger partial charge in [-0.1, -0.05) is 54.5 Å². The first-order valence-electron chi connectivity index (χ1n) is 7.27. The fourth-order valence-electron chi connectivity index (χ4n) is 3.02. The van der Waals surface area contributed by atoms with E-state index in [1.807, 2.05) is 0 Å². The van der Waals surface area contributed by atoms with Gasteiger partial charge in [-0.05, 0) is 42.5 Å². The van der Waals surface area contributed by atoms with Gasteiger partial charge in [-0.2, -0.15) is 0 Å². The highest BCUT2D eigenvalue weighted by Gasteiger charge is 2.17. The molecule has 1 N–H and O–H groups in total. The molecule has 0 heterocycles. The van der Waals surface area contributed by atoms with Crippen molar-refractivity contribution >= 4 is 15.9 Å². The highest BCUT2D eigenvalue weighted by atomic mass is 79.9. The molecular weight excluding hydrogens is 307 g/mol. The fraction of sp³-hybridized carbons (Fsp3) is 0.625. The number of hydrogen-bond donors (Lipinski definition) is 1. The molecule has 0 aliphatic heterocycles. The molecule has 1 nitrogen and oxygen atoms in total. The topological polar surface area (TPSA) is 20.2 Å². The van der Waals surface area contributed by atoms with Crippen LogP contribution in [0.4, 0.5) is 4.39 Å². The molecule has 1 aromatic carbocycles. The predicted octanol–water partition coefficient (Wildman–Crippen LogP) is 4.85. The summed E-state index contributed by atoms with van der Waals surface area (Å²) in [7, 11) is 0. The largest absolute Gasteiger partial charge is 0.393 e. The van der Waals surface area contributed by atoms with Gasteiger partial charge >= 0.3 is 0 Å². The van der Waals surface area contributed by atoms with Crippen LogP contribution in [0.15, 0.2) is 22.7 Å². The van der Waals surface area contributed by atoms with Gasteiger partial charge < -0.3 is 5.11 Å². The zero-order valence-electron chi connectivity index (χ0n) is 11.2. The first-order valence-corrected chi connectivity index (χ1v) is 8.06. The lowest BCUT2D eigenvalue weighted by Crippen LogP contribution is -2.16. The zero-order chi connectivity index (χ0) is 13.7. The minimum absolute atomic E-state index is 0.236. The van der Waals surface area contributed by atoms with Crippen molar-refractivity contribution in [3.8, 4) is 0 Å². The molecular formula is C16H22BrFO. The Hall–Kier alpha value is -0.410. The van der Waals surface area contributed by atoms with Gasteiger partial charge in [-0.15, -0.1) is 0 Å². The summed E-state index contributed by atoms with van der Waals surface area (Å²) in [6.07, 6.45) is 8.76. The highest BCUT2D eigenvalue weighted by Crippen LogP contribution is 2.28. The molecule has 1 saturated carbocycles. The van der Waals surface area contributed by atoms with Crippen LogP contribution in [0.2, 0.25) is 0 Å². The van der Waals surface area contributed by atoms with Crippen LogP contribution in [0.5, 0.6) is 0 Å². The molecule has 1 atom stereocenters. The Morgan fingerprint density at radius 1 is 1.21 bits per heavy atom. The quantitative estimate of drug-likeness (QED) is 0.783. The van der Waals surface area contributed by atoms with Gasteiger partial charge in [-0.3, -0.25) is 0 Å². The third kappa shape index (κ3) is 4.88. The number of benzene rings is 1. The first-order chi connectivity index (χ1) is 9.15. The summed E-state index contributed by atoms with van der Waals surface area (Å²) in [5.74, 6) is 0.407. The molecule has 0 aromatic heterocycles. The Morgan fingerprint density at radius 2 is 1.89 bits per heavy atom. The average molecular weight is 329 g/mol. The van der Waals surface area contributed by atoms with Crippen LogP contribution in [0.1, 0.15) is 50.5 Å². The van der Waals surface area contributed by atoms with Crippen molar-refractivity contribution in [3.63, 3.8) is 0 Å². The van der Waals surface area contributed by atoms with Crippen LogP contribution in [0, 0.1) is 11.7 Å². The van der Waals surface area contributed by atoms with Crippen LogP contribution in [-0.4, -0.2) is 11.2 Å². The standard InChI is InChI=1S/C16H22BrFO/c17-16-8-7-14(18)10-13(16)11-15(19)9-12-5-3-1-2-4-6-12/h7-8,10,12,15,19H,1-6,9,11H2. The molecule has 1 fully saturated rings. The first kappa shape index (κ1) is 15.0. The van der Waals surface area contributed by atoms with Gasteiger partial charge in [0, 0.05) is 4.47 Å². The summed E-state index contributed by atoms with van der Waals surface area (Å²) in [6, 6.07) is 4.66. The van der Waals surface area contributed by atoms with E-state index in [2.05, 4.69) is 15.9 Å².